The first-order valence-electron chi connectivity index (χ1n) is 3.13. The van der Waals surface area contributed by atoms with Crippen molar-refractivity contribution in [2.75, 3.05) is 5.75 Å². The highest BCUT2D eigenvalue weighted by Gasteiger charge is 2.17. The molecule has 1 amide bonds. The molecule has 0 unspecified atom stereocenters. The Morgan fingerprint density at radius 2 is 2.25 bits per heavy atom. The maximum Gasteiger partial charge on any atom is 0.327 e. The number of carboxylic acids is 1. The molecule has 0 rings (SSSR count). The number of carboxylic acid groups (broad SMARTS) is 1. The molecule has 0 aliphatic heterocycles. The van der Waals surface area contributed by atoms with Gasteiger partial charge < -0.3 is 10.4 Å². The molecular formula is C6H9NO4S. The van der Waals surface area contributed by atoms with Gasteiger partial charge in [0.2, 0.25) is 5.91 Å². The molecule has 2 N–H and O–H groups in total. The van der Waals surface area contributed by atoms with Crippen LogP contribution in [-0.4, -0.2) is 34.4 Å². The van der Waals surface area contributed by atoms with Crippen LogP contribution in [0.25, 0.3) is 0 Å². The molecule has 0 aliphatic carbocycles. The molecule has 0 aromatic carbocycles. The number of rotatable bonds is 5. The first-order chi connectivity index (χ1) is 5.57. The van der Waals surface area contributed by atoms with Crippen LogP contribution in [0, 0.1) is 0 Å². The number of hydrogen-bond donors (Lipinski definition) is 2. The lowest BCUT2D eigenvalue weighted by molar-refractivity contribution is -0.140. The molecule has 0 aliphatic rings. The number of aliphatic carboxylic acids is 1. The smallest absolute Gasteiger partial charge is 0.327 e. The number of carbonyl (C=O) groups is 3. The van der Waals surface area contributed by atoms with Crippen LogP contribution in [0.2, 0.25) is 0 Å². The van der Waals surface area contributed by atoms with E-state index in [1.165, 1.54) is 6.92 Å². The second-order valence-corrected chi connectivity index (χ2v) is 2.88. The number of carbonyl (C=O) groups excluding carboxylic acids is 2. The molecule has 5 nitrogen and oxygen atoms in total. The van der Waals surface area contributed by atoms with Gasteiger partial charge in [0.25, 0.3) is 0 Å². The molecule has 68 valence electrons. The quantitative estimate of drug-likeness (QED) is 0.572. The summed E-state index contributed by atoms with van der Waals surface area (Å²) in [4.78, 5) is 30.7. The van der Waals surface area contributed by atoms with Crippen molar-refractivity contribution in [2.45, 2.75) is 13.0 Å². The van der Waals surface area contributed by atoms with Crippen LogP contribution in [0.4, 0.5) is 0 Å². The van der Waals surface area contributed by atoms with Crippen molar-refractivity contribution in [1.29, 1.82) is 0 Å². The molecular weight excluding hydrogens is 182 g/mol. The summed E-state index contributed by atoms with van der Waals surface area (Å²) in [5, 5.41) is 10.7. The molecule has 0 aromatic heterocycles. The zero-order valence-corrected chi connectivity index (χ0v) is 7.26. The third kappa shape index (κ3) is 4.73. The summed E-state index contributed by atoms with van der Waals surface area (Å²) in [6.45, 7) is 1.22. The van der Waals surface area contributed by atoms with E-state index in [1.54, 1.807) is 0 Å². The van der Waals surface area contributed by atoms with Crippen molar-refractivity contribution >= 4 is 29.3 Å². The third-order valence-electron chi connectivity index (χ3n) is 1.01. The van der Waals surface area contributed by atoms with Gasteiger partial charge in [0.05, 0.1) is 0 Å². The van der Waals surface area contributed by atoms with Gasteiger partial charge in [-0.1, -0.05) is 11.8 Å². The van der Waals surface area contributed by atoms with Gasteiger partial charge in [-0.3, -0.25) is 9.59 Å². The van der Waals surface area contributed by atoms with E-state index in [1.807, 2.05) is 0 Å². The van der Waals surface area contributed by atoms with Crippen LogP contribution >= 0.6 is 11.8 Å². The van der Waals surface area contributed by atoms with Crippen LogP contribution in [0.3, 0.4) is 0 Å². The Balaban J connectivity index is 3.94. The first-order valence-corrected chi connectivity index (χ1v) is 4.18. The molecule has 0 spiro atoms. The number of thioether (sulfide) groups is 1. The molecule has 0 fully saturated rings. The molecule has 1 atom stereocenters. The Labute approximate surface area is 73.5 Å². The van der Waals surface area contributed by atoms with Gasteiger partial charge in [0.15, 0.2) is 5.62 Å². The molecule has 0 saturated carbocycles. The number of nitrogens with one attached hydrogen (secondary N) is 1. The second-order valence-electron chi connectivity index (χ2n) is 2.02. The maximum absolute atomic E-state index is 10.4. The van der Waals surface area contributed by atoms with Crippen LogP contribution in [0.1, 0.15) is 6.92 Å². The van der Waals surface area contributed by atoms with E-state index in [-0.39, 0.29) is 5.75 Å². The van der Waals surface area contributed by atoms with E-state index >= 15 is 0 Å². The molecule has 0 aromatic rings. The van der Waals surface area contributed by atoms with Gasteiger partial charge in [-0.2, -0.15) is 0 Å². The van der Waals surface area contributed by atoms with E-state index in [4.69, 9.17) is 5.11 Å². The molecule has 0 saturated heterocycles. The summed E-state index contributed by atoms with van der Waals surface area (Å²) >= 11 is 0.810. The monoisotopic (exact) mass is 191 g/mol. The highest BCUT2D eigenvalue weighted by molar-refractivity contribution is 8.11. The summed E-state index contributed by atoms with van der Waals surface area (Å²) in [6, 6.07) is -0.988. The topological polar surface area (TPSA) is 83.5 Å². The Bertz CT molecular complexity index is 194. The summed E-state index contributed by atoms with van der Waals surface area (Å²) < 4.78 is 0. The van der Waals surface area contributed by atoms with Crippen molar-refractivity contribution in [3.05, 3.63) is 0 Å². The predicted octanol–water partition coefficient (Wildman–Crippen LogP) is -0.501. The molecule has 12 heavy (non-hydrogen) atoms. The van der Waals surface area contributed by atoms with Gasteiger partial charge in [-0.15, -0.1) is 0 Å². The normalized spacial score (nSPS) is 11.8. The van der Waals surface area contributed by atoms with Gasteiger partial charge in [0.1, 0.15) is 6.04 Å². The lowest BCUT2D eigenvalue weighted by Crippen LogP contribution is -2.41. The lowest BCUT2D eigenvalue weighted by atomic mass is 10.3. The van der Waals surface area contributed by atoms with Crippen molar-refractivity contribution < 1.29 is 19.5 Å². The van der Waals surface area contributed by atoms with Gasteiger partial charge >= 0.3 is 5.97 Å². The first kappa shape index (κ1) is 11.0. The van der Waals surface area contributed by atoms with E-state index in [2.05, 4.69) is 5.32 Å². The number of amides is 1. The Hall–Kier alpha value is -1.04. The standard InChI is InChI=1S/C6H9NO4S/c1-4(9)7-5(6(10)11)2-12-3-8/h3,5H,2H2,1H3,(H,7,9)(H,10,11)/t5-/m0/s1. The average molecular weight is 191 g/mol. The SMILES string of the molecule is CC(=O)N[C@@H](CSC=O)C(=O)O. The van der Waals surface area contributed by atoms with E-state index < -0.39 is 17.9 Å². The third-order valence-corrected chi connectivity index (χ3v) is 1.67. The van der Waals surface area contributed by atoms with Crippen LogP contribution in [-0.2, 0) is 14.4 Å². The minimum atomic E-state index is -1.14. The van der Waals surface area contributed by atoms with Gasteiger partial charge in [-0.25, -0.2) is 4.79 Å². The van der Waals surface area contributed by atoms with Crippen LogP contribution in [0.5, 0.6) is 0 Å². The van der Waals surface area contributed by atoms with Crippen LogP contribution in [0.15, 0.2) is 0 Å². The van der Waals surface area contributed by atoms with Crippen molar-refractivity contribution in [1.82, 2.24) is 5.32 Å². The second kappa shape index (κ2) is 5.59. The fraction of sp³-hybridized carbons (Fsp3) is 0.500. The van der Waals surface area contributed by atoms with Gasteiger partial charge in [0, 0.05) is 12.7 Å². The molecule has 6 heteroatoms. The summed E-state index contributed by atoms with van der Waals surface area (Å²) in [7, 11) is 0. The summed E-state index contributed by atoms with van der Waals surface area (Å²) in [5.74, 6) is -1.51. The largest absolute Gasteiger partial charge is 0.480 e. The van der Waals surface area contributed by atoms with E-state index in [9.17, 15) is 14.4 Å². The molecule has 0 radical (unpaired) electrons. The highest BCUT2D eigenvalue weighted by atomic mass is 32.2. The molecule has 0 bridgehead atoms. The van der Waals surface area contributed by atoms with Crippen molar-refractivity contribution in [3.63, 3.8) is 0 Å². The lowest BCUT2D eigenvalue weighted by Gasteiger charge is -2.10. The van der Waals surface area contributed by atoms with Crippen LogP contribution < -0.4 is 5.32 Å². The average Bonchev–Trinajstić information content (AvgIpc) is 1.96. The molecule has 0 heterocycles. The minimum Gasteiger partial charge on any atom is -0.480 e. The zero-order chi connectivity index (χ0) is 9.56. The van der Waals surface area contributed by atoms with Gasteiger partial charge in [-0.05, 0) is 0 Å². The summed E-state index contributed by atoms with van der Waals surface area (Å²) in [5.41, 5.74) is 0.539. The zero-order valence-electron chi connectivity index (χ0n) is 6.44. The Morgan fingerprint density at radius 1 is 1.67 bits per heavy atom. The van der Waals surface area contributed by atoms with E-state index in [0.717, 1.165) is 11.8 Å². The van der Waals surface area contributed by atoms with Crippen molar-refractivity contribution in [3.8, 4) is 0 Å². The fourth-order valence-corrected chi connectivity index (χ4v) is 1.05. The predicted molar refractivity (Wildman–Crippen MR) is 44.4 cm³/mol. The summed E-state index contributed by atoms with van der Waals surface area (Å²) in [6.07, 6.45) is 0. The van der Waals surface area contributed by atoms with Crippen molar-refractivity contribution in [2.24, 2.45) is 0 Å². The van der Waals surface area contributed by atoms with E-state index in [0.29, 0.717) is 5.62 Å². The Morgan fingerprint density at radius 3 is 2.58 bits per heavy atom. The maximum atomic E-state index is 10.4. The number of hydrogen-bond acceptors (Lipinski definition) is 4. The highest BCUT2D eigenvalue weighted by Crippen LogP contribution is 1.98. The minimum absolute atomic E-state index is 0.0540. The Kier molecular flexibility index (Phi) is 5.11. The fourth-order valence-electron chi connectivity index (χ4n) is 0.556.